The molecule has 0 saturated carbocycles. The van der Waals surface area contributed by atoms with E-state index in [9.17, 15) is 8.42 Å². The Bertz CT molecular complexity index is 507. The van der Waals surface area contributed by atoms with Crippen LogP contribution < -0.4 is 10.0 Å². The minimum atomic E-state index is -3.40. The molecule has 6 heteroatoms. The van der Waals surface area contributed by atoms with Crippen LogP contribution in [0.2, 0.25) is 0 Å². The molecule has 0 radical (unpaired) electrons. The molecule has 1 rings (SSSR count). The van der Waals surface area contributed by atoms with E-state index in [-0.39, 0.29) is 6.04 Å². The summed E-state index contributed by atoms with van der Waals surface area (Å²) in [6.07, 6.45) is 0.839. The zero-order valence-corrected chi connectivity index (χ0v) is 13.9. The fourth-order valence-electron chi connectivity index (χ4n) is 2.14. The van der Waals surface area contributed by atoms with Crippen LogP contribution in [0, 0.1) is 12.8 Å². The summed E-state index contributed by atoms with van der Waals surface area (Å²) in [5, 5.41) is 3.04. The predicted octanol–water partition coefficient (Wildman–Crippen LogP) is 2.49. The van der Waals surface area contributed by atoms with Crippen molar-refractivity contribution >= 4 is 21.4 Å². The van der Waals surface area contributed by atoms with E-state index in [1.54, 1.807) is 6.07 Å². The first-order chi connectivity index (χ1) is 8.76. The summed E-state index contributed by atoms with van der Waals surface area (Å²) in [6, 6.07) is 1.72. The fourth-order valence-corrected chi connectivity index (χ4v) is 5.04. The Morgan fingerprint density at radius 1 is 1.32 bits per heavy atom. The molecule has 110 valence electrons. The molecule has 0 amide bonds. The van der Waals surface area contributed by atoms with E-state index in [0.717, 1.165) is 16.2 Å². The van der Waals surface area contributed by atoms with Crippen LogP contribution in [0.25, 0.3) is 0 Å². The van der Waals surface area contributed by atoms with Crippen molar-refractivity contribution in [1.82, 2.24) is 10.0 Å². The summed E-state index contributed by atoms with van der Waals surface area (Å²) in [4.78, 5) is 2.30. The maximum Gasteiger partial charge on any atom is 0.241 e. The Morgan fingerprint density at radius 3 is 2.47 bits per heavy atom. The minimum absolute atomic E-state index is 0.0444. The first-order valence-electron chi connectivity index (χ1n) is 6.52. The average molecular weight is 304 g/mol. The standard InChI is InChI=1S/C13H24N2O2S2/c1-9(2)6-10(3)15-19(16,17)13-7-12(8-14-5)18-11(13)4/h7,9-10,14-15H,6,8H2,1-5H3. The van der Waals surface area contributed by atoms with Crippen LogP contribution in [0.1, 0.15) is 36.9 Å². The van der Waals surface area contributed by atoms with E-state index in [2.05, 4.69) is 23.9 Å². The molecule has 0 aromatic carbocycles. The second-order valence-corrected chi connectivity index (χ2v) is 8.34. The van der Waals surface area contributed by atoms with Crippen LogP contribution in [0.3, 0.4) is 0 Å². The lowest BCUT2D eigenvalue weighted by molar-refractivity contribution is 0.482. The molecule has 0 saturated heterocycles. The van der Waals surface area contributed by atoms with Crippen LogP contribution >= 0.6 is 11.3 Å². The highest BCUT2D eigenvalue weighted by molar-refractivity contribution is 7.89. The largest absolute Gasteiger partial charge is 0.315 e. The molecule has 2 N–H and O–H groups in total. The number of hydrogen-bond donors (Lipinski definition) is 2. The van der Waals surface area contributed by atoms with Gasteiger partial charge in [0.05, 0.1) is 4.90 Å². The van der Waals surface area contributed by atoms with Gasteiger partial charge in [0.2, 0.25) is 10.0 Å². The van der Waals surface area contributed by atoms with Crippen molar-refractivity contribution in [3.63, 3.8) is 0 Å². The molecule has 1 atom stereocenters. The molecule has 0 aliphatic carbocycles. The summed E-state index contributed by atoms with van der Waals surface area (Å²) in [5.41, 5.74) is 0. The smallest absolute Gasteiger partial charge is 0.241 e. The second-order valence-electron chi connectivity index (χ2n) is 5.32. The van der Waals surface area contributed by atoms with Gasteiger partial charge >= 0.3 is 0 Å². The third-order valence-corrected chi connectivity index (χ3v) is 5.64. The van der Waals surface area contributed by atoms with Crippen molar-refractivity contribution in [2.24, 2.45) is 5.92 Å². The molecule has 0 bridgehead atoms. The summed E-state index contributed by atoms with van der Waals surface area (Å²) >= 11 is 1.53. The van der Waals surface area contributed by atoms with Gasteiger partial charge in [-0.3, -0.25) is 0 Å². The molecule has 0 fully saturated rings. The molecule has 1 heterocycles. The molecule has 19 heavy (non-hydrogen) atoms. The molecular weight excluding hydrogens is 280 g/mol. The highest BCUT2D eigenvalue weighted by atomic mass is 32.2. The Kier molecular flexibility index (Phi) is 5.98. The van der Waals surface area contributed by atoms with Gasteiger partial charge in [0.25, 0.3) is 0 Å². The zero-order valence-electron chi connectivity index (χ0n) is 12.3. The third kappa shape index (κ3) is 4.87. The van der Waals surface area contributed by atoms with Crippen LogP contribution in [0.5, 0.6) is 0 Å². The Hall–Kier alpha value is -0.430. The minimum Gasteiger partial charge on any atom is -0.315 e. The van der Waals surface area contributed by atoms with Gasteiger partial charge < -0.3 is 5.32 Å². The van der Waals surface area contributed by atoms with Crippen LogP contribution in [0.15, 0.2) is 11.0 Å². The van der Waals surface area contributed by atoms with Gasteiger partial charge in [-0.1, -0.05) is 13.8 Å². The SMILES string of the molecule is CNCc1cc(S(=O)(=O)NC(C)CC(C)C)c(C)s1. The Labute approximate surface area is 120 Å². The number of nitrogens with one attached hydrogen (secondary N) is 2. The first kappa shape index (κ1) is 16.6. The summed E-state index contributed by atoms with van der Waals surface area (Å²) in [7, 11) is -1.55. The monoisotopic (exact) mass is 304 g/mol. The van der Waals surface area contributed by atoms with E-state index >= 15 is 0 Å². The highest BCUT2D eigenvalue weighted by Crippen LogP contribution is 2.26. The topological polar surface area (TPSA) is 58.2 Å². The number of aryl methyl sites for hydroxylation is 1. The third-order valence-electron chi connectivity index (χ3n) is 2.75. The highest BCUT2D eigenvalue weighted by Gasteiger charge is 2.22. The quantitative estimate of drug-likeness (QED) is 0.813. The lowest BCUT2D eigenvalue weighted by Gasteiger charge is -2.15. The molecule has 0 aliphatic rings. The van der Waals surface area contributed by atoms with Gasteiger partial charge in [0.15, 0.2) is 0 Å². The summed E-state index contributed by atoms with van der Waals surface area (Å²) in [5.74, 6) is 0.473. The van der Waals surface area contributed by atoms with Crippen LogP contribution in [-0.2, 0) is 16.6 Å². The normalized spacial score (nSPS) is 14.0. The maximum atomic E-state index is 12.3. The average Bonchev–Trinajstić information content (AvgIpc) is 2.58. The Morgan fingerprint density at radius 2 is 1.95 bits per heavy atom. The van der Waals surface area contributed by atoms with Crippen molar-refractivity contribution in [1.29, 1.82) is 0 Å². The lowest BCUT2D eigenvalue weighted by atomic mass is 10.1. The van der Waals surface area contributed by atoms with Crippen molar-refractivity contribution in [3.05, 3.63) is 15.8 Å². The number of rotatable bonds is 7. The second kappa shape index (κ2) is 6.83. The van der Waals surface area contributed by atoms with Crippen molar-refractivity contribution < 1.29 is 8.42 Å². The molecule has 0 spiro atoms. The number of hydrogen-bond acceptors (Lipinski definition) is 4. The predicted molar refractivity (Wildman–Crippen MR) is 81.1 cm³/mol. The zero-order chi connectivity index (χ0) is 14.6. The molecular formula is C13H24N2O2S2. The molecule has 0 aliphatic heterocycles. The van der Waals surface area contributed by atoms with E-state index in [0.29, 0.717) is 17.4 Å². The molecule has 4 nitrogen and oxygen atoms in total. The number of thiophene rings is 1. The van der Waals surface area contributed by atoms with Crippen molar-refractivity contribution in [3.8, 4) is 0 Å². The number of sulfonamides is 1. The van der Waals surface area contributed by atoms with E-state index in [1.807, 2.05) is 20.9 Å². The van der Waals surface area contributed by atoms with Gasteiger partial charge in [-0.05, 0) is 39.3 Å². The van der Waals surface area contributed by atoms with Gasteiger partial charge in [-0.2, -0.15) is 0 Å². The van der Waals surface area contributed by atoms with Crippen molar-refractivity contribution in [2.45, 2.75) is 51.6 Å². The summed E-state index contributed by atoms with van der Waals surface area (Å²) in [6.45, 7) is 8.64. The maximum absolute atomic E-state index is 12.3. The Balaban J connectivity index is 2.88. The van der Waals surface area contributed by atoms with Gasteiger partial charge in [-0.25, -0.2) is 13.1 Å². The first-order valence-corrected chi connectivity index (χ1v) is 8.82. The van der Waals surface area contributed by atoms with Gasteiger partial charge in [0, 0.05) is 22.3 Å². The fraction of sp³-hybridized carbons (Fsp3) is 0.692. The van der Waals surface area contributed by atoms with Crippen LogP contribution in [-0.4, -0.2) is 21.5 Å². The van der Waals surface area contributed by atoms with Crippen LogP contribution in [0.4, 0.5) is 0 Å². The van der Waals surface area contributed by atoms with E-state index in [4.69, 9.17) is 0 Å². The van der Waals surface area contributed by atoms with E-state index in [1.165, 1.54) is 11.3 Å². The molecule has 1 aromatic rings. The van der Waals surface area contributed by atoms with Crippen molar-refractivity contribution in [2.75, 3.05) is 7.05 Å². The molecule has 1 aromatic heterocycles. The van der Waals surface area contributed by atoms with E-state index < -0.39 is 10.0 Å². The summed E-state index contributed by atoms with van der Waals surface area (Å²) < 4.78 is 27.4. The van der Waals surface area contributed by atoms with Gasteiger partial charge in [0.1, 0.15) is 0 Å². The lowest BCUT2D eigenvalue weighted by Crippen LogP contribution is -2.33. The van der Waals surface area contributed by atoms with Gasteiger partial charge in [-0.15, -0.1) is 11.3 Å². The molecule has 1 unspecified atom stereocenters.